The van der Waals surface area contributed by atoms with Gasteiger partial charge in [0.2, 0.25) is 5.95 Å². The average Bonchev–Trinajstić information content (AvgIpc) is 2.66. The third-order valence-corrected chi connectivity index (χ3v) is 4.94. The molecule has 0 aliphatic heterocycles. The highest BCUT2D eigenvalue weighted by atomic mass is 35.5. The fourth-order valence-corrected chi connectivity index (χ4v) is 3.56. The molecule has 2 heterocycles. The summed E-state index contributed by atoms with van der Waals surface area (Å²) >= 11 is 12.3. The number of halogens is 2. The van der Waals surface area contributed by atoms with Crippen molar-refractivity contribution >= 4 is 46.6 Å². The summed E-state index contributed by atoms with van der Waals surface area (Å²) in [7, 11) is 0. The number of pyridine rings is 1. The van der Waals surface area contributed by atoms with E-state index < -0.39 is 0 Å². The second-order valence-electron chi connectivity index (χ2n) is 8.17. The van der Waals surface area contributed by atoms with Crippen LogP contribution in [0.5, 0.6) is 0 Å². The van der Waals surface area contributed by atoms with Gasteiger partial charge in [0, 0.05) is 29.9 Å². The Morgan fingerprint density at radius 1 is 1.03 bits per heavy atom. The summed E-state index contributed by atoms with van der Waals surface area (Å²) in [6.07, 6.45) is 2.58. The Hall–Kier alpha value is -2.70. The highest BCUT2D eigenvalue weighted by Gasteiger charge is 2.16. The lowest BCUT2D eigenvalue weighted by molar-refractivity contribution is 0.0993. The van der Waals surface area contributed by atoms with Crippen molar-refractivity contribution in [2.75, 3.05) is 10.6 Å². The van der Waals surface area contributed by atoms with Gasteiger partial charge in [0.15, 0.2) is 5.78 Å². The number of nitrogens with one attached hydrogen (secondary N) is 2. The zero-order chi connectivity index (χ0) is 22.6. The summed E-state index contributed by atoms with van der Waals surface area (Å²) in [5, 5.41) is 7.20. The van der Waals surface area contributed by atoms with Crippen LogP contribution in [0.4, 0.5) is 17.6 Å². The largest absolute Gasteiger partial charge is 0.350 e. The van der Waals surface area contributed by atoms with Crippen molar-refractivity contribution < 1.29 is 4.79 Å². The molecule has 0 spiro atoms. The van der Waals surface area contributed by atoms with E-state index in [4.69, 9.17) is 23.2 Å². The molecule has 2 aromatic heterocycles. The fraction of sp³-hybridized carbons (Fsp3) is 0.304. The van der Waals surface area contributed by atoms with Crippen LogP contribution in [0.15, 0.2) is 42.6 Å². The van der Waals surface area contributed by atoms with Crippen molar-refractivity contribution in [2.24, 2.45) is 0 Å². The maximum absolute atomic E-state index is 12.7. The smallest absolute Gasteiger partial charge is 0.225 e. The molecule has 0 amide bonds. The number of Topliss-reactive ketones (excluding diaryl/α,β-unsaturated/α-hetero) is 1. The lowest BCUT2D eigenvalue weighted by Crippen LogP contribution is -2.27. The molecule has 6 nitrogen and oxygen atoms in total. The summed E-state index contributed by atoms with van der Waals surface area (Å²) < 4.78 is 0. The molecular formula is C23H25Cl2N5O. The molecule has 0 unspecified atom stereocenters. The van der Waals surface area contributed by atoms with Crippen LogP contribution in [0.3, 0.4) is 0 Å². The van der Waals surface area contributed by atoms with Gasteiger partial charge >= 0.3 is 0 Å². The second kappa shape index (κ2) is 9.62. The number of hydrogen-bond acceptors (Lipinski definition) is 6. The normalized spacial score (nSPS) is 11.3. The first-order chi connectivity index (χ1) is 14.6. The van der Waals surface area contributed by atoms with E-state index in [1.807, 2.05) is 19.1 Å². The molecule has 0 saturated carbocycles. The Bertz CT molecular complexity index is 1080. The maximum atomic E-state index is 12.7. The van der Waals surface area contributed by atoms with Crippen molar-refractivity contribution in [3.05, 3.63) is 69.5 Å². The lowest BCUT2D eigenvalue weighted by Gasteiger charge is -2.21. The Labute approximate surface area is 192 Å². The Kier molecular flexibility index (Phi) is 7.13. The van der Waals surface area contributed by atoms with Crippen LogP contribution in [0, 0.1) is 0 Å². The number of aromatic nitrogens is 3. The van der Waals surface area contributed by atoms with Gasteiger partial charge < -0.3 is 10.6 Å². The van der Waals surface area contributed by atoms with Gasteiger partial charge in [0.25, 0.3) is 0 Å². The van der Waals surface area contributed by atoms with E-state index >= 15 is 0 Å². The molecule has 0 fully saturated rings. The molecule has 3 rings (SSSR count). The molecule has 0 atom stereocenters. The SMILES string of the molecule is CCc1cc(Nc2cc(CC(=O)c3c(Cl)cccc3Cl)ccn2)nc(NC(C)(C)C)n1. The standard InChI is InChI=1S/C23H25Cl2N5O/c1-5-15-13-20(29-22(27-15)30-23(2,3)4)28-19-12-14(9-10-26-19)11-18(31)21-16(24)7-6-8-17(21)25/h6-10,12-13H,5,11H2,1-4H3,(H2,26,27,28,29,30). The number of nitrogens with zero attached hydrogens (tertiary/aromatic N) is 3. The van der Waals surface area contributed by atoms with Gasteiger partial charge in [-0.1, -0.05) is 36.2 Å². The quantitative estimate of drug-likeness (QED) is 0.415. The van der Waals surface area contributed by atoms with E-state index in [0.717, 1.165) is 17.7 Å². The van der Waals surface area contributed by atoms with Crippen molar-refractivity contribution in [1.82, 2.24) is 15.0 Å². The minimum Gasteiger partial charge on any atom is -0.350 e. The van der Waals surface area contributed by atoms with E-state index in [-0.39, 0.29) is 17.7 Å². The van der Waals surface area contributed by atoms with Gasteiger partial charge in [0.1, 0.15) is 11.6 Å². The Balaban J connectivity index is 1.81. The number of ketones is 1. The van der Waals surface area contributed by atoms with E-state index in [2.05, 4.69) is 46.4 Å². The van der Waals surface area contributed by atoms with Gasteiger partial charge in [0.05, 0.1) is 15.6 Å². The number of carbonyl (C=O) groups excluding carboxylic acids is 1. The van der Waals surface area contributed by atoms with Gasteiger partial charge in [-0.2, -0.15) is 4.98 Å². The first kappa shape index (κ1) is 23.0. The van der Waals surface area contributed by atoms with Crippen molar-refractivity contribution in [2.45, 2.75) is 46.1 Å². The summed E-state index contributed by atoms with van der Waals surface area (Å²) in [5.41, 5.74) is 1.86. The molecule has 0 aliphatic rings. The minimum absolute atomic E-state index is 0.153. The molecule has 0 aliphatic carbocycles. The predicted molar refractivity (Wildman–Crippen MR) is 127 cm³/mol. The monoisotopic (exact) mass is 457 g/mol. The summed E-state index contributed by atoms with van der Waals surface area (Å²) in [6, 6.07) is 10.5. The summed E-state index contributed by atoms with van der Waals surface area (Å²) in [5.74, 6) is 1.61. The van der Waals surface area contributed by atoms with Gasteiger partial charge in [-0.3, -0.25) is 4.79 Å². The van der Waals surface area contributed by atoms with E-state index in [9.17, 15) is 4.79 Å². The van der Waals surface area contributed by atoms with Crippen LogP contribution in [0.1, 0.15) is 49.3 Å². The van der Waals surface area contributed by atoms with Crippen molar-refractivity contribution in [3.63, 3.8) is 0 Å². The third-order valence-electron chi connectivity index (χ3n) is 4.32. The minimum atomic E-state index is -0.165. The van der Waals surface area contributed by atoms with Crippen LogP contribution in [-0.4, -0.2) is 26.3 Å². The van der Waals surface area contributed by atoms with Crippen molar-refractivity contribution in [1.29, 1.82) is 0 Å². The van der Waals surface area contributed by atoms with E-state index in [1.54, 1.807) is 30.5 Å². The topological polar surface area (TPSA) is 79.8 Å². The Morgan fingerprint density at radius 3 is 2.39 bits per heavy atom. The van der Waals surface area contributed by atoms with Crippen LogP contribution in [0.2, 0.25) is 10.0 Å². The second-order valence-corrected chi connectivity index (χ2v) is 8.98. The van der Waals surface area contributed by atoms with Gasteiger partial charge in [-0.05, 0) is 57.0 Å². The Morgan fingerprint density at radius 2 is 1.74 bits per heavy atom. The molecule has 31 heavy (non-hydrogen) atoms. The number of carbonyl (C=O) groups is 1. The first-order valence-electron chi connectivity index (χ1n) is 10.00. The van der Waals surface area contributed by atoms with Crippen molar-refractivity contribution in [3.8, 4) is 0 Å². The van der Waals surface area contributed by atoms with Gasteiger partial charge in [-0.15, -0.1) is 0 Å². The van der Waals surface area contributed by atoms with Crippen LogP contribution >= 0.6 is 23.2 Å². The molecule has 1 aromatic carbocycles. The number of anilines is 3. The van der Waals surface area contributed by atoms with E-state index in [1.165, 1.54) is 0 Å². The molecule has 2 N–H and O–H groups in total. The maximum Gasteiger partial charge on any atom is 0.225 e. The highest BCUT2D eigenvalue weighted by Crippen LogP contribution is 2.26. The molecule has 0 bridgehead atoms. The number of aryl methyl sites for hydroxylation is 1. The zero-order valence-corrected chi connectivity index (χ0v) is 19.5. The molecule has 3 aromatic rings. The average molecular weight is 458 g/mol. The van der Waals surface area contributed by atoms with Crippen LogP contribution < -0.4 is 10.6 Å². The van der Waals surface area contributed by atoms with Crippen LogP contribution in [0.25, 0.3) is 0 Å². The van der Waals surface area contributed by atoms with Crippen LogP contribution in [-0.2, 0) is 12.8 Å². The number of rotatable bonds is 7. The third kappa shape index (κ3) is 6.39. The van der Waals surface area contributed by atoms with E-state index in [0.29, 0.717) is 33.2 Å². The fourth-order valence-electron chi connectivity index (χ4n) is 2.96. The molecular weight excluding hydrogens is 433 g/mol. The summed E-state index contributed by atoms with van der Waals surface area (Å²) in [4.78, 5) is 26.2. The first-order valence-corrected chi connectivity index (χ1v) is 10.8. The number of benzene rings is 1. The summed E-state index contributed by atoms with van der Waals surface area (Å²) in [6.45, 7) is 8.19. The zero-order valence-electron chi connectivity index (χ0n) is 18.0. The molecule has 8 heteroatoms. The predicted octanol–water partition coefficient (Wildman–Crippen LogP) is 6.12. The number of hydrogen-bond donors (Lipinski definition) is 2. The molecule has 0 radical (unpaired) electrons. The highest BCUT2D eigenvalue weighted by molar-refractivity contribution is 6.39. The van der Waals surface area contributed by atoms with Gasteiger partial charge in [-0.25, -0.2) is 9.97 Å². The molecule has 162 valence electrons. The lowest BCUT2D eigenvalue weighted by atomic mass is 10.0. The molecule has 0 saturated heterocycles.